The van der Waals surface area contributed by atoms with E-state index in [1.807, 2.05) is 26.0 Å². The maximum absolute atomic E-state index is 6.12. The van der Waals surface area contributed by atoms with Crippen LogP contribution in [0.3, 0.4) is 0 Å². The molecule has 1 unspecified atom stereocenters. The number of benzene rings is 2. The van der Waals surface area contributed by atoms with Gasteiger partial charge in [0.25, 0.3) is 0 Å². The fraction of sp³-hybridized carbons (Fsp3) is 0.333. The van der Waals surface area contributed by atoms with Crippen LogP contribution in [-0.2, 0) is 0 Å². The summed E-state index contributed by atoms with van der Waals surface area (Å²) in [7, 11) is 0. The second-order valence-corrected chi connectivity index (χ2v) is 5.72. The van der Waals surface area contributed by atoms with Crippen molar-refractivity contribution in [2.45, 2.75) is 33.0 Å². The molecule has 1 heterocycles. The molecule has 0 spiro atoms. The Kier molecular flexibility index (Phi) is 3.74. The van der Waals surface area contributed by atoms with E-state index in [4.69, 9.17) is 9.47 Å². The Morgan fingerprint density at radius 3 is 2.62 bits per heavy atom. The van der Waals surface area contributed by atoms with Crippen LogP contribution in [0.2, 0.25) is 0 Å². The van der Waals surface area contributed by atoms with Gasteiger partial charge in [0, 0.05) is 0 Å². The molecule has 3 heteroatoms. The second-order valence-electron chi connectivity index (χ2n) is 5.72. The highest BCUT2D eigenvalue weighted by molar-refractivity contribution is 5.59. The lowest BCUT2D eigenvalue weighted by Gasteiger charge is -2.28. The van der Waals surface area contributed by atoms with Crippen LogP contribution in [-0.4, -0.2) is 12.6 Å². The summed E-state index contributed by atoms with van der Waals surface area (Å²) in [5.74, 6) is 1.82. The van der Waals surface area contributed by atoms with Crippen molar-refractivity contribution in [3.05, 3.63) is 53.6 Å². The Bertz CT molecular complexity index is 620. The third-order valence-corrected chi connectivity index (χ3v) is 3.51. The van der Waals surface area contributed by atoms with E-state index in [1.165, 1.54) is 5.56 Å². The molecular formula is C18H21NO2. The first-order valence-electron chi connectivity index (χ1n) is 7.39. The van der Waals surface area contributed by atoms with Crippen LogP contribution in [0.25, 0.3) is 0 Å². The van der Waals surface area contributed by atoms with Gasteiger partial charge >= 0.3 is 0 Å². The number of fused-ring (bicyclic) bond motifs is 1. The average molecular weight is 283 g/mol. The van der Waals surface area contributed by atoms with Crippen LogP contribution < -0.4 is 14.8 Å². The van der Waals surface area contributed by atoms with Crippen molar-refractivity contribution in [1.29, 1.82) is 0 Å². The fourth-order valence-electron chi connectivity index (χ4n) is 2.49. The highest BCUT2D eigenvalue weighted by Gasteiger charge is 2.20. The molecule has 21 heavy (non-hydrogen) atoms. The monoisotopic (exact) mass is 283 g/mol. The molecular weight excluding hydrogens is 262 g/mol. The second kappa shape index (κ2) is 5.68. The Balaban J connectivity index is 1.76. The maximum Gasteiger partial charge on any atom is 0.143 e. The first-order valence-corrected chi connectivity index (χ1v) is 7.39. The van der Waals surface area contributed by atoms with Gasteiger partial charge in [-0.3, -0.25) is 0 Å². The van der Waals surface area contributed by atoms with E-state index in [0.717, 1.165) is 29.3 Å². The van der Waals surface area contributed by atoms with Crippen LogP contribution in [0.4, 0.5) is 5.69 Å². The van der Waals surface area contributed by atoms with Gasteiger partial charge in [-0.2, -0.15) is 0 Å². The average Bonchev–Trinajstić information content (AvgIpc) is 2.46. The van der Waals surface area contributed by atoms with Crippen molar-refractivity contribution >= 4 is 5.69 Å². The molecule has 0 aromatic heterocycles. The fourth-order valence-corrected chi connectivity index (χ4v) is 2.49. The smallest absolute Gasteiger partial charge is 0.143 e. The molecule has 2 aromatic rings. The van der Waals surface area contributed by atoms with E-state index in [9.17, 15) is 0 Å². The predicted molar refractivity (Wildman–Crippen MR) is 85.2 cm³/mol. The zero-order valence-corrected chi connectivity index (χ0v) is 12.7. The van der Waals surface area contributed by atoms with E-state index in [0.29, 0.717) is 0 Å². The van der Waals surface area contributed by atoms with Crippen molar-refractivity contribution < 1.29 is 9.47 Å². The Labute approximate surface area is 125 Å². The topological polar surface area (TPSA) is 30.5 Å². The van der Waals surface area contributed by atoms with Crippen LogP contribution in [0, 0.1) is 6.92 Å². The van der Waals surface area contributed by atoms with Crippen molar-refractivity contribution in [2.75, 3.05) is 11.9 Å². The summed E-state index contributed by atoms with van der Waals surface area (Å²) >= 11 is 0. The standard InChI is InChI=1S/C18H21NO2/c1-12(2)20-15-7-5-14(6-8-15)18-11-19-16-9-4-13(3)10-17(16)21-18/h4-10,12,18-19H,11H2,1-3H3. The summed E-state index contributed by atoms with van der Waals surface area (Å²) in [6.45, 7) is 6.91. The number of nitrogens with one attached hydrogen (secondary N) is 1. The van der Waals surface area contributed by atoms with Gasteiger partial charge in [0.1, 0.15) is 17.6 Å². The molecule has 0 radical (unpaired) electrons. The summed E-state index contributed by atoms with van der Waals surface area (Å²) < 4.78 is 11.8. The van der Waals surface area contributed by atoms with Crippen LogP contribution in [0.1, 0.15) is 31.1 Å². The molecule has 3 rings (SSSR count). The minimum Gasteiger partial charge on any atom is -0.491 e. The number of rotatable bonds is 3. The highest BCUT2D eigenvalue weighted by Crippen LogP contribution is 2.35. The summed E-state index contributed by atoms with van der Waals surface area (Å²) in [6, 6.07) is 14.4. The van der Waals surface area contributed by atoms with Gasteiger partial charge in [-0.25, -0.2) is 0 Å². The molecule has 0 saturated heterocycles. The van der Waals surface area contributed by atoms with Crippen LogP contribution in [0.5, 0.6) is 11.5 Å². The summed E-state index contributed by atoms with van der Waals surface area (Å²) in [5.41, 5.74) is 3.43. The van der Waals surface area contributed by atoms with Crippen LogP contribution in [0.15, 0.2) is 42.5 Å². The lowest BCUT2D eigenvalue weighted by Crippen LogP contribution is -2.23. The Morgan fingerprint density at radius 1 is 1.14 bits per heavy atom. The minimum atomic E-state index is 0.0346. The molecule has 3 nitrogen and oxygen atoms in total. The van der Waals surface area contributed by atoms with E-state index >= 15 is 0 Å². The quantitative estimate of drug-likeness (QED) is 0.909. The molecule has 1 aliphatic rings. The molecule has 1 atom stereocenters. The molecule has 1 aliphatic heterocycles. The minimum absolute atomic E-state index is 0.0346. The van der Waals surface area contributed by atoms with E-state index in [-0.39, 0.29) is 12.2 Å². The SMILES string of the molecule is Cc1ccc2c(c1)OC(c1ccc(OC(C)C)cc1)CN2. The third-order valence-electron chi connectivity index (χ3n) is 3.51. The number of hydrogen-bond donors (Lipinski definition) is 1. The number of aryl methyl sites for hydroxylation is 1. The van der Waals surface area contributed by atoms with Gasteiger partial charge in [0.2, 0.25) is 0 Å². The van der Waals surface area contributed by atoms with Gasteiger partial charge in [0.15, 0.2) is 0 Å². The summed E-state index contributed by atoms with van der Waals surface area (Å²) in [4.78, 5) is 0. The molecule has 0 saturated carbocycles. The van der Waals surface area contributed by atoms with Gasteiger partial charge in [0.05, 0.1) is 18.3 Å². The molecule has 0 amide bonds. The predicted octanol–water partition coefficient (Wildman–Crippen LogP) is 4.33. The zero-order chi connectivity index (χ0) is 14.8. The Hall–Kier alpha value is -2.16. The first-order chi connectivity index (χ1) is 10.1. The Morgan fingerprint density at radius 2 is 1.90 bits per heavy atom. The van der Waals surface area contributed by atoms with Crippen molar-refractivity contribution in [2.24, 2.45) is 0 Å². The number of ether oxygens (including phenoxy) is 2. The normalized spacial score (nSPS) is 16.9. The first kappa shape index (κ1) is 13.8. The van der Waals surface area contributed by atoms with Crippen LogP contribution >= 0.6 is 0 Å². The summed E-state index contributed by atoms with van der Waals surface area (Å²) in [5, 5.41) is 3.43. The molecule has 110 valence electrons. The molecule has 0 aliphatic carbocycles. The number of hydrogen-bond acceptors (Lipinski definition) is 3. The molecule has 0 fully saturated rings. The van der Waals surface area contributed by atoms with Crippen molar-refractivity contribution in [3.63, 3.8) is 0 Å². The third kappa shape index (κ3) is 3.13. The van der Waals surface area contributed by atoms with Gasteiger partial charge in [-0.15, -0.1) is 0 Å². The van der Waals surface area contributed by atoms with Gasteiger partial charge in [-0.1, -0.05) is 18.2 Å². The van der Waals surface area contributed by atoms with E-state index < -0.39 is 0 Å². The van der Waals surface area contributed by atoms with Crippen molar-refractivity contribution in [3.8, 4) is 11.5 Å². The number of anilines is 1. The van der Waals surface area contributed by atoms with Crippen molar-refractivity contribution in [1.82, 2.24) is 0 Å². The van der Waals surface area contributed by atoms with E-state index in [1.54, 1.807) is 0 Å². The summed E-state index contributed by atoms with van der Waals surface area (Å²) in [6.07, 6.45) is 0.227. The maximum atomic E-state index is 6.12. The largest absolute Gasteiger partial charge is 0.491 e. The van der Waals surface area contributed by atoms with Gasteiger partial charge in [-0.05, 0) is 56.2 Å². The highest BCUT2D eigenvalue weighted by atomic mass is 16.5. The van der Waals surface area contributed by atoms with E-state index in [2.05, 4.69) is 42.6 Å². The lowest BCUT2D eigenvalue weighted by atomic mass is 10.1. The molecule has 0 bridgehead atoms. The van der Waals surface area contributed by atoms with Gasteiger partial charge < -0.3 is 14.8 Å². The zero-order valence-electron chi connectivity index (χ0n) is 12.7. The molecule has 2 aromatic carbocycles. The molecule has 1 N–H and O–H groups in total. The lowest BCUT2D eigenvalue weighted by molar-refractivity contribution is 0.209.